The Hall–Kier alpha value is -0.580. The summed E-state index contributed by atoms with van der Waals surface area (Å²) in [5.74, 6) is 0. The minimum Gasteiger partial charge on any atom is -0.321 e. The van der Waals surface area contributed by atoms with Gasteiger partial charge in [-0.1, -0.05) is 17.7 Å². The first-order chi connectivity index (χ1) is 7.65. The molecular formula is C11H12ClN3S. The van der Waals surface area contributed by atoms with Crippen molar-refractivity contribution in [1.29, 1.82) is 5.53 Å². The van der Waals surface area contributed by atoms with Gasteiger partial charge in [0.2, 0.25) is 0 Å². The van der Waals surface area contributed by atoms with Crippen molar-refractivity contribution in [3.05, 3.63) is 34.3 Å². The predicted molar refractivity (Wildman–Crippen MR) is 66.0 cm³/mol. The number of hydrogen-bond acceptors (Lipinski definition) is 4. The summed E-state index contributed by atoms with van der Waals surface area (Å²) in [6.07, 6.45) is 1.83. The quantitative estimate of drug-likeness (QED) is 0.756. The Balaban J connectivity index is 2.02. The van der Waals surface area contributed by atoms with Gasteiger partial charge in [-0.3, -0.25) is 0 Å². The Bertz CT molecular complexity index is 465. The predicted octanol–water partition coefficient (Wildman–Crippen LogP) is 3.13. The van der Waals surface area contributed by atoms with E-state index in [1.54, 1.807) is 11.8 Å². The van der Waals surface area contributed by atoms with E-state index in [0.717, 1.165) is 17.9 Å². The number of benzene rings is 1. The van der Waals surface area contributed by atoms with Crippen LogP contribution in [-0.4, -0.2) is 10.9 Å². The number of nitrogens with two attached hydrogens (primary N) is 1. The third-order valence-corrected chi connectivity index (χ3v) is 5.55. The summed E-state index contributed by atoms with van der Waals surface area (Å²) in [7, 11) is 0. The van der Waals surface area contributed by atoms with E-state index in [0.29, 0.717) is 0 Å². The summed E-state index contributed by atoms with van der Waals surface area (Å²) < 4.78 is 0. The van der Waals surface area contributed by atoms with Gasteiger partial charge in [-0.15, -0.1) is 11.8 Å². The first-order valence-electron chi connectivity index (χ1n) is 5.24. The molecule has 1 aromatic carbocycles. The Kier molecular flexibility index (Phi) is 2.28. The minimum absolute atomic E-state index is 0.0682. The van der Waals surface area contributed by atoms with Crippen LogP contribution in [0.15, 0.2) is 23.3 Å². The lowest BCUT2D eigenvalue weighted by molar-refractivity contribution is 0.314. The van der Waals surface area contributed by atoms with Gasteiger partial charge in [-0.2, -0.15) is 5.11 Å². The molecule has 84 valence electrons. The largest absolute Gasteiger partial charge is 0.321 e. The van der Waals surface area contributed by atoms with Crippen LogP contribution in [0, 0.1) is 5.53 Å². The molecule has 3 rings (SSSR count). The second-order valence-corrected chi connectivity index (χ2v) is 6.08. The summed E-state index contributed by atoms with van der Waals surface area (Å²) in [4.78, 5) is 0. The van der Waals surface area contributed by atoms with Crippen LogP contribution in [0.4, 0.5) is 0 Å². The lowest BCUT2D eigenvalue weighted by atomic mass is 9.77. The fraction of sp³-hybridized carbons (Fsp3) is 0.455. The van der Waals surface area contributed by atoms with Crippen LogP contribution >= 0.6 is 23.4 Å². The number of halogens is 1. The molecule has 3 nitrogen and oxygen atoms in total. The molecule has 5 heteroatoms. The van der Waals surface area contributed by atoms with Crippen LogP contribution < -0.4 is 5.73 Å². The molecule has 0 bridgehead atoms. The van der Waals surface area contributed by atoms with Crippen molar-refractivity contribution in [3.8, 4) is 0 Å². The zero-order chi connectivity index (χ0) is 11.3. The number of thioether (sulfide) groups is 1. The van der Waals surface area contributed by atoms with Crippen molar-refractivity contribution >= 4 is 23.4 Å². The number of nitrogens with one attached hydrogen (secondary N) is 1. The second kappa shape index (κ2) is 3.45. The van der Waals surface area contributed by atoms with Crippen LogP contribution in [0.25, 0.3) is 0 Å². The minimum atomic E-state index is -0.312. The molecule has 0 spiro atoms. The van der Waals surface area contributed by atoms with Gasteiger partial charge >= 0.3 is 0 Å². The second-order valence-electron chi connectivity index (χ2n) is 4.45. The van der Waals surface area contributed by atoms with E-state index < -0.39 is 0 Å². The number of aryl methyl sites for hydroxylation is 1. The third-order valence-electron chi connectivity index (χ3n) is 3.54. The van der Waals surface area contributed by atoms with Gasteiger partial charge in [-0.05, 0) is 36.1 Å². The van der Waals surface area contributed by atoms with Gasteiger partial charge in [-0.25, -0.2) is 5.53 Å². The topological polar surface area (TPSA) is 62.2 Å². The summed E-state index contributed by atoms with van der Waals surface area (Å²) in [6.45, 7) is 0. The van der Waals surface area contributed by atoms with Crippen molar-refractivity contribution in [1.82, 2.24) is 0 Å². The molecule has 0 saturated carbocycles. The van der Waals surface area contributed by atoms with Gasteiger partial charge in [0.25, 0.3) is 0 Å². The molecular weight excluding hydrogens is 242 g/mol. The van der Waals surface area contributed by atoms with E-state index >= 15 is 0 Å². The van der Waals surface area contributed by atoms with E-state index in [1.165, 1.54) is 11.1 Å². The maximum absolute atomic E-state index is 7.13. The highest BCUT2D eigenvalue weighted by Crippen LogP contribution is 2.60. The summed E-state index contributed by atoms with van der Waals surface area (Å²) >= 11 is 7.67. The third kappa shape index (κ3) is 1.27. The highest BCUT2D eigenvalue weighted by Gasteiger charge is 2.56. The molecule has 16 heavy (non-hydrogen) atoms. The van der Waals surface area contributed by atoms with E-state index in [9.17, 15) is 0 Å². The normalized spacial score (nSPS) is 35.9. The fourth-order valence-electron chi connectivity index (χ4n) is 2.61. The lowest BCUT2D eigenvalue weighted by Crippen LogP contribution is -2.61. The Morgan fingerprint density at radius 3 is 3.12 bits per heavy atom. The zero-order valence-corrected chi connectivity index (χ0v) is 10.2. The first kappa shape index (κ1) is 10.6. The van der Waals surface area contributed by atoms with Gasteiger partial charge < -0.3 is 5.73 Å². The van der Waals surface area contributed by atoms with Crippen molar-refractivity contribution in [3.63, 3.8) is 0 Å². The fourth-order valence-corrected chi connectivity index (χ4v) is 4.28. The number of fused-ring (bicyclic) bond motifs is 3. The average molecular weight is 254 g/mol. The standard InChI is InChI=1S/C11H12ClN3S/c12-7-1-2-8-6(5-7)3-4-11(13)9(8)16-10(11)15-14/h1-2,5,9-10,14H,3-4,13H2/t9?,10-,11?/m0/s1. The van der Waals surface area contributed by atoms with Gasteiger partial charge in [0.05, 0.1) is 10.8 Å². The molecule has 3 atom stereocenters. The Morgan fingerprint density at radius 1 is 1.56 bits per heavy atom. The molecule has 1 fully saturated rings. The van der Waals surface area contributed by atoms with Crippen LogP contribution in [0.1, 0.15) is 22.8 Å². The number of nitrogens with zero attached hydrogens (tertiary/aromatic N) is 1. The molecule has 1 heterocycles. The molecule has 0 aromatic heterocycles. The maximum atomic E-state index is 7.13. The van der Waals surface area contributed by atoms with Crippen molar-refractivity contribution in [2.24, 2.45) is 10.8 Å². The van der Waals surface area contributed by atoms with Gasteiger partial charge in [0.15, 0.2) is 0 Å². The van der Waals surface area contributed by atoms with Crippen LogP contribution in [-0.2, 0) is 6.42 Å². The maximum Gasteiger partial charge on any atom is 0.136 e. The molecule has 1 aliphatic carbocycles. The molecule has 1 aromatic rings. The highest BCUT2D eigenvalue weighted by atomic mass is 35.5. The summed E-state index contributed by atoms with van der Waals surface area (Å²) in [5, 5.41) is 4.61. The van der Waals surface area contributed by atoms with Crippen molar-refractivity contribution < 1.29 is 0 Å². The number of hydrogen-bond donors (Lipinski definition) is 2. The summed E-state index contributed by atoms with van der Waals surface area (Å²) in [6, 6.07) is 6.01. The monoisotopic (exact) mass is 253 g/mol. The van der Waals surface area contributed by atoms with Crippen LogP contribution in [0.2, 0.25) is 5.02 Å². The SMILES string of the molecule is N=N[C@H]1SC2c3ccc(Cl)cc3CCC21N. The van der Waals surface area contributed by atoms with E-state index in [1.807, 2.05) is 12.1 Å². The Morgan fingerprint density at radius 2 is 2.38 bits per heavy atom. The highest BCUT2D eigenvalue weighted by molar-refractivity contribution is 8.01. The van der Waals surface area contributed by atoms with Gasteiger partial charge in [0, 0.05) is 5.02 Å². The molecule has 0 radical (unpaired) electrons. The molecule has 2 unspecified atom stereocenters. The number of rotatable bonds is 1. The smallest absolute Gasteiger partial charge is 0.136 e. The molecule has 1 aliphatic heterocycles. The van der Waals surface area contributed by atoms with E-state index in [2.05, 4.69) is 11.2 Å². The first-order valence-corrected chi connectivity index (χ1v) is 6.56. The van der Waals surface area contributed by atoms with Crippen LogP contribution in [0.3, 0.4) is 0 Å². The van der Waals surface area contributed by atoms with Crippen molar-refractivity contribution in [2.75, 3.05) is 0 Å². The zero-order valence-electron chi connectivity index (χ0n) is 8.61. The van der Waals surface area contributed by atoms with E-state index in [-0.39, 0.29) is 16.2 Å². The molecule has 3 N–H and O–H groups in total. The van der Waals surface area contributed by atoms with Gasteiger partial charge in [0.1, 0.15) is 5.37 Å². The van der Waals surface area contributed by atoms with Crippen LogP contribution in [0.5, 0.6) is 0 Å². The van der Waals surface area contributed by atoms with Crippen molar-refractivity contribution in [2.45, 2.75) is 29.0 Å². The lowest BCUT2D eigenvalue weighted by Gasteiger charge is -2.53. The van der Waals surface area contributed by atoms with E-state index in [4.69, 9.17) is 22.9 Å². The molecule has 1 saturated heterocycles. The average Bonchev–Trinajstić information content (AvgIpc) is 2.26. The molecule has 0 amide bonds. The Labute approximate surface area is 103 Å². The summed E-state index contributed by atoms with van der Waals surface area (Å²) in [5.41, 5.74) is 15.7. The molecule has 2 aliphatic rings.